The zero-order valence-corrected chi connectivity index (χ0v) is 8.73. The van der Waals surface area contributed by atoms with Crippen LogP contribution in [0.3, 0.4) is 0 Å². The fraction of sp³-hybridized carbons (Fsp3) is 0.455. The molecule has 2 rings (SSSR count). The molecule has 1 aromatic rings. The third-order valence-corrected chi connectivity index (χ3v) is 2.63. The van der Waals surface area contributed by atoms with Crippen LogP contribution in [0, 0.1) is 6.92 Å². The van der Waals surface area contributed by atoms with E-state index in [-0.39, 0.29) is 6.54 Å². The molecule has 2 heterocycles. The van der Waals surface area contributed by atoms with Gasteiger partial charge in [0.2, 0.25) is 0 Å². The van der Waals surface area contributed by atoms with Crippen molar-refractivity contribution in [2.24, 2.45) is 0 Å². The number of aliphatic carboxylic acids is 1. The van der Waals surface area contributed by atoms with Crippen LogP contribution in [0.15, 0.2) is 12.1 Å². The highest BCUT2D eigenvalue weighted by molar-refractivity contribution is 5.69. The summed E-state index contributed by atoms with van der Waals surface area (Å²) < 4.78 is 0. The number of carboxylic acid groups (broad SMARTS) is 1. The molecular weight excluding hydrogens is 192 g/mol. The lowest BCUT2D eigenvalue weighted by atomic mass is 10.1. The fourth-order valence-electron chi connectivity index (χ4n) is 1.91. The molecule has 4 nitrogen and oxygen atoms in total. The van der Waals surface area contributed by atoms with Crippen molar-refractivity contribution in [3.05, 3.63) is 29.1 Å². The summed E-state index contributed by atoms with van der Waals surface area (Å²) in [6.45, 7) is 3.59. The average molecular weight is 206 g/mol. The molecule has 0 saturated carbocycles. The largest absolute Gasteiger partial charge is 0.480 e. The highest BCUT2D eigenvalue weighted by Crippen LogP contribution is 2.16. The summed E-state index contributed by atoms with van der Waals surface area (Å²) in [5.74, 6) is -0.765. The first-order valence-electron chi connectivity index (χ1n) is 5.04. The number of aromatic nitrogens is 1. The molecule has 0 atom stereocenters. The Morgan fingerprint density at radius 1 is 1.60 bits per heavy atom. The van der Waals surface area contributed by atoms with Gasteiger partial charge >= 0.3 is 5.97 Å². The number of rotatable bonds is 2. The zero-order chi connectivity index (χ0) is 10.8. The van der Waals surface area contributed by atoms with Gasteiger partial charge in [0.1, 0.15) is 0 Å². The molecule has 0 fully saturated rings. The van der Waals surface area contributed by atoms with E-state index in [2.05, 4.69) is 4.98 Å². The minimum atomic E-state index is -0.765. The monoisotopic (exact) mass is 206 g/mol. The summed E-state index contributed by atoms with van der Waals surface area (Å²) in [6, 6.07) is 4.02. The van der Waals surface area contributed by atoms with E-state index >= 15 is 0 Å². The van der Waals surface area contributed by atoms with Crippen molar-refractivity contribution in [2.45, 2.75) is 19.9 Å². The van der Waals surface area contributed by atoms with Crippen molar-refractivity contribution in [3.63, 3.8) is 0 Å². The second-order valence-corrected chi connectivity index (χ2v) is 3.91. The highest BCUT2D eigenvalue weighted by atomic mass is 16.4. The summed E-state index contributed by atoms with van der Waals surface area (Å²) in [7, 11) is 0. The smallest absolute Gasteiger partial charge is 0.317 e. The van der Waals surface area contributed by atoms with Crippen LogP contribution < -0.4 is 0 Å². The van der Waals surface area contributed by atoms with Crippen LogP contribution in [0.1, 0.15) is 17.0 Å². The second kappa shape index (κ2) is 3.98. The van der Waals surface area contributed by atoms with Gasteiger partial charge in [-0.15, -0.1) is 0 Å². The third kappa shape index (κ3) is 2.33. The number of nitrogens with zero attached hydrogens (tertiary/aromatic N) is 2. The molecule has 0 aliphatic carbocycles. The maximum atomic E-state index is 10.6. The van der Waals surface area contributed by atoms with Gasteiger partial charge in [0.15, 0.2) is 0 Å². The van der Waals surface area contributed by atoms with Gasteiger partial charge in [-0.3, -0.25) is 14.7 Å². The lowest BCUT2D eigenvalue weighted by molar-refractivity contribution is -0.138. The first kappa shape index (κ1) is 10.1. The number of fused-ring (bicyclic) bond motifs is 1. The SMILES string of the molecule is Cc1ccc2c(n1)CCN(CC(=O)O)C2. The Balaban J connectivity index is 2.13. The van der Waals surface area contributed by atoms with Crippen LogP contribution in [-0.2, 0) is 17.8 Å². The molecule has 1 aliphatic heterocycles. The van der Waals surface area contributed by atoms with E-state index in [0.29, 0.717) is 6.54 Å². The van der Waals surface area contributed by atoms with Crippen LogP contribution in [0.5, 0.6) is 0 Å². The first-order valence-corrected chi connectivity index (χ1v) is 5.04. The molecule has 0 spiro atoms. The summed E-state index contributed by atoms with van der Waals surface area (Å²) in [4.78, 5) is 17.0. The first-order chi connectivity index (χ1) is 7.15. The molecule has 1 aromatic heterocycles. The molecule has 0 unspecified atom stereocenters. The zero-order valence-electron chi connectivity index (χ0n) is 8.73. The number of carboxylic acids is 1. The molecule has 1 N–H and O–H groups in total. The molecule has 0 amide bonds. The standard InChI is InChI=1S/C11H14N2O2/c1-8-2-3-9-6-13(7-11(14)15)5-4-10(9)12-8/h2-3H,4-7H2,1H3,(H,14,15). The molecule has 15 heavy (non-hydrogen) atoms. The van der Waals surface area contributed by atoms with Crippen LogP contribution in [-0.4, -0.2) is 34.0 Å². The fourth-order valence-corrected chi connectivity index (χ4v) is 1.91. The quantitative estimate of drug-likeness (QED) is 0.778. The Morgan fingerprint density at radius 3 is 3.13 bits per heavy atom. The summed E-state index contributed by atoms with van der Waals surface area (Å²) in [5.41, 5.74) is 3.31. The van der Waals surface area contributed by atoms with Crippen molar-refractivity contribution in [3.8, 4) is 0 Å². The highest BCUT2D eigenvalue weighted by Gasteiger charge is 2.18. The number of hydrogen-bond donors (Lipinski definition) is 1. The molecule has 0 radical (unpaired) electrons. The number of aryl methyl sites for hydroxylation is 1. The third-order valence-electron chi connectivity index (χ3n) is 2.63. The average Bonchev–Trinajstić information content (AvgIpc) is 2.17. The summed E-state index contributed by atoms with van der Waals surface area (Å²) >= 11 is 0. The lowest BCUT2D eigenvalue weighted by Crippen LogP contribution is -2.35. The van der Waals surface area contributed by atoms with Gasteiger partial charge < -0.3 is 5.11 Å². The number of hydrogen-bond acceptors (Lipinski definition) is 3. The minimum Gasteiger partial charge on any atom is -0.480 e. The van der Waals surface area contributed by atoms with Gasteiger partial charge in [-0.05, 0) is 18.6 Å². The van der Waals surface area contributed by atoms with Gasteiger partial charge in [0.05, 0.1) is 6.54 Å². The minimum absolute atomic E-state index is 0.118. The molecule has 80 valence electrons. The van der Waals surface area contributed by atoms with E-state index in [0.717, 1.165) is 29.9 Å². The Bertz CT molecular complexity index is 390. The van der Waals surface area contributed by atoms with Crippen LogP contribution in [0.25, 0.3) is 0 Å². The van der Waals surface area contributed by atoms with E-state index in [1.165, 1.54) is 0 Å². The molecule has 4 heteroatoms. The normalized spacial score (nSPS) is 16.1. The Labute approximate surface area is 88.6 Å². The Kier molecular flexibility index (Phi) is 2.68. The van der Waals surface area contributed by atoms with Crippen molar-refractivity contribution >= 4 is 5.97 Å². The predicted molar refractivity (Wildman–Crippen MR) is 55.6 cm³/mol. The lowest BCUT2D eigenvalue weighted by Gasteiger charge is -2.26. The van der Waals surface area contributed by atoms with Gasteiger partial charge in [-0.2, -0.15) is 0 Å². The van der Waals surface area contributed by atoms with Crippen molar-refractivity contribution < 1.29 is 9.90 Å². The van der Waals surface area contributed by atoms with E-state index in [9.17, 15) is 4.79 Å². The predicted octanol–water partition coefficient (Wildman–Crippen LogP) is 0.833. The number of carbonyl (C=O) groups is 1. The van der Waals surface area contributed by atoms with Crippen molar-refractivity contribution in [1.29, 1.82) is 0 Å². The van der Waals surface area contributed by atoms with Crippen LogP contribution >= 0.6 is 0 Å². The molecule has 1 aliphatic rings. The molecule has 0 aromatic carbocycles. The molecular formula is C11H14N2O2. The summed E-state index contributed by atoms with van der Waals surface area (Å²) in [6.07, 6.45) is 0.851. The van der Waals surface area contributed by atoms with Crippen LogP contribution in [0.4, 0.5) is 0 Å². The maximum absolute atomic E-state index is 10.6. The van der Waals surface area contributed by atoms with E-state index < -0.39 is 5.97 Å². The Morgan fingerprint density at radius 2 is 2.40 bits per heavy atom. The summed E-state index contributed by atoms with van der Waals surface area (Å²) in [5, 5.41) is 8.70. The Hall–Kier alpha value is -1.42. The van der Waals surface area contributed by atoms with Gasteiger partial charge in [0, 0.05) is 30.9 Å². The van der Waals surface area contributed by atoms with Gasteiger partial charge in [-0.1, -0.05) is 6.07 Å². The molecule has 0 saturated heterocycles. The number of pyridine rings is 1. The van der Waals surface area contributed by atoms with Crippen LogP contribution in [0.2, 0.25) is 0 Å². The topological polar surface area (TPSA) is 53.4 Å². The second-order valence-electron chi connectivity index (χ2n) is 3.91. The van der Waals surface area contributed by atoms with E-state index in [1.807, 2.05) is 24.0 Å². The van der Waals surface area contributed by atoms with E-state index in [4.69, 9.17) is 5.11 Å². The van der Waals surface area contributed by atoms with E-state index in [1.54, 1.807) is 0 Å². The van der Waals surface area contributed by atoms with Crippen molar-refractivity contribution in [1.82, 2.24) is 9.88 Å². The van der Waals surface area contributed by atoms with Gasteiger partial charge in [-0.25, -0.2) is 0 Å². The maximum Gasteiger partial charge on any atom is 0.317 e. The van der Waals surface area contributed by atoms with Gasteiger partial charge in [0.25, 0.3) is 0 Å². The van der Waals surface area contributed by atoms with Crippen molar-refractivity contribution in [2.75, 3.05) is 13.1 Å². The molecule has 0 bridgehead atoms.